The van der Waals surface area contributed by atoms with E-state index in [0.29, 0.717) is 6.42 Å². The van der Waals surface area contributed by atoms with Crippen molar-refractivity contribution in [2.24, 2.45) is 5.92 Å². The molecule has 1 unspecified atom stereocenters. The van der Waals surface area contributed by atoms with Crippen LogP contribution in [0.25, 0.3) is 0 Å². The molecule has 5 nitrogen and oxygen atoms in total. The molecule has 0 radical (unpaired) electrons. The van der Waals surface area contributed by atoms with E-state index in [1.807, 2.05) is 6.92 Å². The number of nitrogens with zero attached hydrogens (tertiary/aromatic N) is 2. The topological polar surface area (TPSA) is 78.2 Å². The first-order chi connectivity index (χ1) is 7.01. The summed E-state index contributed by atoms with van der Waals surface area (Å²) < 4.78 is 24.3. The van der Waals surface area contributed by atoms with Crippen molar-refractivity contribution in [3.8, 4) is 6.07 Å². The minimum atomic E-state index is -3.48. The van der Waals surface area contributed by atoms with E-state index in [9.17, 15) is 13.2 Å². The zero-order chi connectivity index (χ0) is 11.5. The number of carbonyl (C=O) groups is 1. The molecule has 0 aromatic carbocycles. The van der Waals surface area contributed by atoms with E-state index in [1.54, 1.807) is 6.07 Å². The Morgan fingerprint density at radius 3 is 2.80 bits per heavy atom. The summed E-state index contributed by atoms with van der Waals surface area (Å²) in [6.07, 6.45) is 0.917. The number of nitriles is 1. The second-order valence-electron chi connectivity index (χ2n) is 3.59. The zero-order valence-corrected chi connectivity index (χ0v) is 9.46. The van der Waals surface area contributed by atoms with Crippen molar-refractivity contribution >= 4 is 15.8 Å². The number of piperidine rings is 1. The molecule has 1 rings (SSSR count). The lowest BCUT2D eigenvalue weighted by Crippen LogP contribution is -2.44. The standard InChI is InChI=1S/C9H14N2O3S/c1-2-8-7-11(5-3-9(8)12)15(13,14)6-4-10/h8H,2-3,5-7H2,1H3. The molecule has 0 amide bonds. The van der Waals surface area contributed by atoms with Gasteiger partial charge in [-0.15, -0.1) is 0 Å². The lowest BCUT2D eigenvalue weighted by atomic mass is 9.96. The second-order valence-corrected chi connectivity index (χ2v) is 5.56. The van der Waals surface area contributed by atoms with Gasteiger partial charge in [0.15, 0.2) is 5.75 Å². The van der Waals surface area contributed by atoms with Crippen LogP contribution in [0.3, 0.4) is 0 Å². The van der Waals surface area contributed by atoms with Crippen molar-refractivity contribution in [3.05, 3.63) is 0 Å². The van der Waals surface area contributed by atoms with Crippen molar-refractivity contribution in [2.75, 3.05) is 18.8 Å². The Bertz CT molecular complexity index is 383. The quantitative estimate of drug-likeness (QED) is 0.691. The highest BCUT2D eigenvalue weighted by atomic mass is 32.2. The summed E-state index contributed by atoms with van der Waals surface area (Å²) in [5.74, 6) is -0.578. The van der Waals surface area contributed by atoms with Crippen LogP contribution in [0.1, 0.15) is 19.8 Å². The molecule has 1 atom stereocenters. The lowest BCUT2D eigenvalue weighted by Gasteiger charge is -2.29. The van der Waals surface area contributed by atoms with Crippen LogP contribution in [-0.2, 0) is 14.8 Å². The number of sulfonamides is 1. The minimum Gasteiger partial charge on any atom is -0.299 e. The summed E-state index contributed by atoms with van der Waals surface area (Å²) in [5, 5.41) is 8.38. The third-order valence-corrected chi connectivity index (χ3v) is 4.23. The maximum Gasteiger partial charge on any atom is 0.227 e. The summed E-state index contributed by atoms with van der Waals surface area (Å²) in [7, 11) is -3.48. The Morgan fingerprint density at radius 1 is 1.60 bits per heavy atom. The first-order valence-corrected chi connectivity index (χ1v) is 6.49. The van der Waals surface area contributed by atoms with Gasteiger partial charge in [0.05, 0.1) is 6.07 Å². The van der Waals surface area contributed by atoms with Crippen LogP contribution < -0.4 is 0 Å². The van der Waals surface area contributed by atoms with Gasteiger partial charge in [-0.05, 0) is 6.42 Å². The van der Waals surface area contributed by atoms with E-state index in [0.717, 1.165) is 0 Å². The molecule has 0 bridgehead atoms. The molecule has 15 heavy (non-hydrogen) atoms. The van der Waals surface area contributed by atoms with Gasteiger partial charge in [-0.3, -0.25) is 4.79 Å². The summed E-state index contributed by atoms with van der Waals surface area (Å²) in [5.41, 5.74) is 0. The van der Waals surface area contributed by atoms with Crippen molar-refractivity contribution in [1.29, 1.82) is 5.26 Å². The van der Waals surface area contributed by atoms with Crippen LogP contribution in [-0.4, -0.2) is 37.3 Å². The molecule has 1 saturated heterocycles. The Morgan fingerprint density at radius 2 is 2.27 bits per heavy atom. The fraction of sp³-hybridized carbons (Fsp3) is 0.778. The SMILES string of the molecule is CCC1CN(S(=O)(=O)CC#N)CCC1=O. The maximum absolute atomic E-state index is 11.5. The largest absolute Gasteiger partial charge is 0.299 e. The summed E-state index contributed by atoms with van der Waals surface area (Å²) in [4.78, 5) is 11.4. The molecular formula is C9H14N2O3S. The van der Waals surface area contributed by atoms with Crippen LogP contribution >= 0.6 is 0 Å². The fourth-order valence-electron chi connectivity index (χ4n) is 1.66. The van der Waals surface area contributed by atoms with Gasteiger partial charge in [-0.25, -0.2) is 8.42 Å². The molecule has 0 spiro atoms. The first kappa shape index (κ1) is 12.1. The van der Waals surface area contributed by atoms with Gasteiger partial charge in [0.25, 0.3) is 0 Å². The van der Waals surface area contributed by atoms with E-state index in [4.69, 9.17) is 5.26 Å². The van der Waals surface area contributed by atoms with Crippen molar-refractivity contribution in [1.82, 2.24) is 4.31 Å². The highest BCUT2D eigenvalue weighted by Gasteiger charge is 2.32. The number of hydrogen-bond donors (Lipinski definition) is 0. The van der Waals surface area contributed by atoms with Crippen molar-refractivity contribution < 1.29 is 13.2 Å². The molecule has 0 N–H and O–H groups in total. The van der Waals surface area contributed by atoms with Crippen molar-refractivity contribution in [2.45, 2.75) is 19.8 Å². The van der Waals surface area contributed by atoms with Gasteiger partial charge in [0, 0.05) is 25.4 Å². The highest BCUT2D eigenvalue weighted by Crippen LogP contribution is 2.18. The van der Waals surface area contributed by atoms with E-state index in [1.165, 1.54) is 4.31 Å². The predicted octanol–water partition coefficient (Wildman–Crippen LogP) is 0.141. The van der Waals surface area contributed by atoms with Crippen molar-refractivity contribution in [3.63, 3.8) is 0 Å². The molecule has 1 heterocycles. The number of ketones is 1. The molecule has 0 aromatic rings. The normalized spacial score (nSPS) is 23.7. The molecule has 84 valence electrons. The van der Waals surface area contributed by atoms with Crippen LogP contribution in [0.4, 0.5) is 0 Å². The van der Waals surface area contributed by atoms with Crippen LogP contribution in [0.15, 0.2) is 0 Å². The predicted molar refractivity (Wildman–Crippen MR) is 54.4 cm³/mol. The maximum atomic E-state index is 11.5. The second kappa shape index (κ2) is 4.73. The summed E-state index contributed by atoms with van der Waals surface area (Å²) >= 11 is 0. The molecule has 0 aliphatic carbocycles. The molecule has 1 aliphatic heterocycles. The number of hydrogen-bond acceptors (Lipinski definition) is 4. The number of carbonyl (C=O) groups excluding carboxylic acids is 1. The Labute approximate surface area is 89.7 Å². The van der Waals surface area contributed by atoms with Crippen LogP contribution in [0.5, 0.6) is 0 Å². The Balaban J connectivity index is 2.75. The minimum absolute atomic E-state index is 0.126. The first-order valence-electron chi connectivity index (χ1n) is 4.88. The molecule has 0 aromatic heterocycles. The van der Waals surface area contributed by atoms with Crippen LogP contribution in [0, 0.1) is 17.2 Å². The Hall–Kier alpha value is -0.930. The highest BCUT2D eigenvalue weighted by molar-refractivity contribution is 7.89. The summed E-state index contributed by atoms with van der Waals surface area (Å²) in [6, 6.07) is 1.63. The van der Waals surface area contributed by atoms with E-state index < -0.39 is 15.8 Å². The number of Topliss-reactive ketones (excluding diaryl/α,β-unsaturated/α-hetero) is 1. The zero-order valence-electron chi connectivity index (χ0n) is 8.64. The van der Waals surface area contributed by atoms with E-state index in [2.05, 4.69) is 0 Å². The fourth-order valence-corrected chi connectivity index (χ4v) is 2.78. The smallest absolute Gasteiger partial charge is 0.227 e. The van der Waals surface area contributed by atoms with Gasteiger partial charge < -0.3 is 0 Å². The Kier molecular flexibility index (Phi) is 3.83. The molecule has 0 saturated carbocycles. The number of rotatable bonds is 3. The van der Waals surface area contributed by atoms with Crippen LogP contribution in [0.2, 0.25) is 0 Å². The average molecular weight is 230 g/mol. The third kappa shape index (κ3) is 2.76. The van der Waals surface area contributed by atoms with Gasteiger partial charge >= 0.3 is 0 Å². The van der Waals surface area contributed by atoms with Gasteiger partial charge in [0.1, 0.15) is 5.78 Å². The van der Waals surface area contributed by atoms with Gasteiger partial charge in [0.2, 0.25) is 10.0 Å². The monoisotopic (exact) mass is 230 g/mol. The third-order valence-electron chi connectivity index (χ3n) is 2.62. The molecule has 6 heteroatoms. The summed E-state index contributed by atoms with van der Waals surface area (Å²) in [6.45, 7) is 2.32. The van der Waals surface area contributed by atoms with Gasteiger partial charge in [-0.1, -0.05) is 6.92 Å². The van der Waals surface area contributed by atoms with E-state index >= 15 is 0 Å². The molecular weight excluding hydrogens is 216 g/mol. The molecule has 1 fully saturated rings. The lowest BCUT2D eigenvalue weighted by molar-refractivity contribution is -0.125. The van der Waals surface area contributed by atoms with E-state index in [-0.39, 0.29) is 31.2 Å². The average Bonchev–Trinajstić information content (AvgIpc) is 2.18. The molecule has 1 aliphatic rings. The van der Waals surface area contributed by atoms with Gasteiger partial charge in [-0.2, -0.15) is 9.57 Å².